The molecule has 4 rings (SSSR count). The Labute approximate surface area is 152 Å². The summed E-state index contributed by atoms with van der Waals surface area (Å²) >= 11 is 0. The van der Waals surface area contributed by atoms with Crippen molar-refractivity contribution in [3.8, 4) is 0 Å². The Hall–Kier alpha value is -3.22. The van der Waals surface area contributed by atoms with Crippen molar-refractivity contribution in [2.45, 2.75) is 6.92 Å². The van der Waals surface area contributed by atoms with Crippen LogP contribution in [0.5, 0.6) is 0 Å². The van der Waals surface area contributed by atoms with Crippen LogP contribution >= 0.6 is 0 Å². The first-order valence-electron chi connectivity index (χ1n) is 8.68. The van der Waals surface area contributed by atoms with Crippen LogP contribution < -0.4 is 10.6 Å². The Morgan fingerprint density at radius 1 is 1.00 bits per heavy atom. The maximum Gasteiger partial charge on any atom is 0.196 e. The quantitative estimate of drug-likeness (QED) is 0.565. The average molecular weight is 347 g/mol. The normalized spacial score (nSPS) is 15.5. The number of hydrogen-bond donors (Lipinski definition) is 1. The van der Waals surface area contributed by atoms with Crippen LogP contribution in [0.3, 0.4) is 0 Å². The molecule has 0 saturated carbocycles. The van der Waals surface area contributed by atoms with Gasteiger partial charge in [-0.05, 0) is 31.2 Å². The van der Waals surface area contributed by atoms with Crippen molar-refractivity contribution < 1.29 is 0 Å². The number of aliphatic imine (C=N–C) groups is 1. The minimum absolute atomic E-state index is 0.533. The van der Waals surface area contributed by atoms with Crippen molar-refractivity contribution in [1.29, 1.82) is 0 Å². The van der Waals surface area contributed by atoms with Gasteiger partial charge in [0.05, 0.1) is 28.6 Å². The van der Waals surface area contributed by atoms with Crippen molar-refractivity contribution >= 4 is 28.5 Å². The summed E-state index contributed by atoms with van der Waals surface area (Å²) in [6, 6.07) is 11.7. The molecule has 132 valence electrons. The Morgan fingerprint density at radius 2 is 1.77 bits per heavy atom. The first-order chi connectivity index (χ1) is 12.7. The van der Waals surface area contributed by atoms with Gasteiger partial charge in [0.25, 0.3) is 0 Å². The maximum atomic E-state index is 6.21. The standard InChI is InChI=1S/C19H21N7/c1-14-15(7-4-8-21-14)24-19(20)26-11-9-25(10-12-26)18-13-22-16-5-2-3-6-17(16)23-18/h2-8,13H,9-12H2,1H3,(H2,20,24). The monoisotopic (exact) mass is 347 g/mol. The molecule has 1 saturated heterocycles. The zero-order valence-electron chi connectivity index (χ0n) is 14.7. The lowest BCUT2D eigenvalue weighted by Gasteiger charge is -2.35. The van der Waals surface area contributed by atoms with Gasteiger partial charge in [-0.15, -0.1) is 0 Å². The summed E-state index contributed by atoms with van der Waals surface area (Å²) in [5, 5.41) is 0. The van der Waals surface area contributed by atoms with E-state index in [1.807, 2.05) is 49.5 Å². The fourth-order valence-corrected chi connectivity index (χ4v) is 3.05. The van der Waals surface area contributed by atoms with Gasteiger partial charge in [-0.3, -0.25) is 9.97 Å². The number of aryl methyl sites for hydroxylation is 1. The van der Waals surface area contributed by atoms with Crippen LogP contribution in [-0.2, 0) is 0 Å². The van der Waals surface area contributed by atoms with E-state index in [0.717, 1.165) is 54.4 Å². The highest BCUT2D eigenvalue weighted by Gasteiger charge is 2.20. The summed E-state index contributed by atoms with van der Waals surface area (Å²) in [7, 11) is 0. The molecule has 0 bridgehead atoms. The number of pyridine rings is 1. The summed E-state index contributed by atoms with van der Waals surface area (Å²) in [4.78, 5) is 22.3. The smallest absolute Gasteiger partial charge is 0.196 e. The molecule has 7 heteroatoms. The van der Waals surface area contributed by atoms with Gasteiger partial charge in [-0.2, -0.15) is 0 Å². The van der Waals surface area contributed by atoms with Crippen molar-refractivity contribution in [2.24, 2.45) is 10.7 Å². The number of benzene rings is 1. The van der Waals surface area contributed by atoms with Gasteiger partial charge in [0, 0.05) is 32.4 Å². The lowest BCUT2D eigenvalue weighted by Crippen LogP contribution is -2.51. The second kappa shape index (κ2) is 6.95. The van der Waals surface area contributed by atoms with Crippen molar-refractivity contribution in [2.75, 3.05) is 31.1 Å². The predicted molar refractivity (Wildman–Crippen MR) is 104 cm³/mol. The third kappa shape index (κ3) is 3.28. The third-order valence-corrected chi connectivity index (χ3v) is 4.58. The highest BCUT2D eigenvalue weighted by Crippen LogP contribution is 2.18. The van der Waals surface area contributed by atoms with Gasteiger partial charge in [0.2, 0.25) is 0 Å². The molecule has 0 spiro atoms. The van der Waals surface area contributed by atoms with E-state index in [2.05, 4.69) is 24.8 Å². The maximum absolute atomic E-state index is 6.21. The van der Waals surface area contributed by atoms with E-state index in [-0.39, 0.29) is 0 Å². The van der Waals surface area contributed by atoms with E-state index in [0.29, 0.717) is 5.96 Å². The number of rotatable bonds is 2. The molecule has 0 radical (unpaired) electrons. The summed E-state index contributed by atoms with van der Waals surface area (Å²) in [6.07, 6.45) is 3.60. The minimum atomic E-state index is 0.533. The molecule has 26 heavy (non-hydrogen) atoms. The van der Waals surface area contributed by atoms with Crippen LogP contribution in [0.15, 0.2) is 53.8 Å². The number of anilines is 1. The number of aromatic nitrogens is 3. The van der Waals surface area contributed by atoms with Gasteiger partial charge in [-0.25, -0.2) is 9.98 Å². The molecule has 2 aromatic heterocycles. The average Bonchev–Trinajstić information content (AvgIpc) is 2.69. The Kier molecular flexibility index (Phi) is 4.35. The van der Waals surface area contributed by atoms with Crippen LogP contribution in [0.4, 0.5) is 11.5 Å². The van der Waals surface area contributed by atoms with Crippen molar-refractivity contribution in [3.05, 3.63) is 54.5 Å². The van der Waals surface area contributed by atoms with Crippen LogP contribution in [0.25, 0.3) is 11.0 Å². The third-order valence-electron chi connectivity index (χ3n) is 4.58. The van der Waals surface area contributed by atoms with Gasteiger partial charge in [0.15, 0.2) is 5.96 Å². The highest BCUT2D eigenvalue weighted by atomic mass is 15.3. The molecule has 2 N–H and O–H groups in total. The molecule has 0 aliphatic carbocycles. The fourth-order valence-electron chi connectivity index (χ4n) is 3.05. The van der Waals surface area contributed by atoms with E-state index < -0.39 is 0 Å². The number of nitrogens with two attached hydrogens (primary N) is 1. The first kappa shape index (κ1) is 16.3. The van der Waals surface area contributed by atoms with E-state index in [1.54, 1.807) is 6.20 Å². The van der Waals surface area contributed by atoms with E-state index in [1.165, 1.54) is 0 Å². The second-order valence-electron chi connectivity index (χ2n) is 6.27. The van der Waals surface area contributed by atoms with E-state index in [9.17, 15) is 0 Å². The number of piperazine rings is 1. The molecule has 3 heterocycles. The Bertz CT molecular complexity index is 945. The van der Waals surface area contributed by atoms with Crippen molar-refractivity contribution in [3.63, 3.8) is 0 Å². The number of nitrogens with zero attached hydrogens (tertiary/aromatic N) is 6. The summed E-state index contributed by atoms with van der Waals surface area (Å²) in [5.41, 5.74) is 9.73. The molecular formula is C19H21N7. The SMILES string of the molecule is Cc1ncccc1N=C(N)N1CCN(c2cnc3ccccc3n2)CC1. The molecular weight excluding hydrogens is 326 g/mol. The molecule has 7 nitrogen and oxygen atoms in total. The zero-order valence-corrected chi connectivity index (χ0v) is 14.7. The molecule has 0 amide bonds. The second-order valence-corrected chi connectivity index (χ2v) is 6.27. The summed E-state index contributed by atoms with van der Waals surface area (Å²) in [6.45, 7) is 5.18. The molecule has 0 unspecified atom stereocenters. The molecule has 3 aromatic rings. The first-order valence-corrected chi connectivity index (χ1v) is 8.68. The Morgan fingerprint density at radius 3 is 2.54 bits per heavy atom. The fraction of sp³-hybridized carbons (Fsp3) is 0.263. The van der Waals surface area contributed by atoms with Crippen LogP contribution in [-0.4, -0.2) is 52.0 Å². The van der Waals surface area contributed by atoms with Gasteiger partial charge in [0.1, 0.15) is 5.82 Å². The lowest BCUT2D eigenvalue weighted by atomic mass is 10.3. The zero-order chi connectivity index (χ0) is 17.9. The Balaban J connectivity index is 1.45. The predicted octanol–water partition coefficient (Wildman–Crippen LogP) is 2.10. The summed E-state index contributed by atoms with van der Waals surface area (Å²) < 4.78 is 0. The molecule has 1 aliphatic heterocycles. The van der Waals surface area contributed by atoms with Gasteiger partial charge >= 0.3 is 0 Å². The number of guanidine groups is 1. The topological polar surface area (TPSA) is 83.5 Å². The largest absolute Gasteiger partial charge is 0.369 e. The summed E-state index contributed by atoms with van der Waals surface area (Å²) in [5.74, 6) is 1.44. The van der Waals surface area contributed by atoms with Gasteiger partial charge in [-0.1, -0.05) is 12.1 Å². The number of para-hydroxylation sites is 2. The van der Waals surface area contributed by atoms with E-state index >= 15 is 0 Å². The van der Waals surface area contributed by atoms with Crippen molar-refractivity contribution in [1.82, 2.24) is 19.9 Å². The van der Waals surface area contributed by atoms with Gasteiger partial charge < -0.3 is 15.5 Å². The lowest BCUT2D eigenvalue weighted by molar-refractivity contribution is 0.381. The van der Waals surface area contributed by atoms with Crippen LogP contribution in [0.1, 0.15) is 5.69 Å². The molecule has 1 fully saturated rings. The number of fused-ring (bicyclic) bond motifs is 1. The van der Waals surface area contributed by atoms with Crippen LogP contribution in [0.2, 0.25) is 0 Å². The minimum Gasteiger partial charge on any atom is -0.369 e. The molecule has 0 atom stereocenters. The number of hydrogen-bond acceptors (Lipinski definition) is 5. The molecule has 1 aliphatic rings. The van der Waals surface area contributed by atoms with Crippen LogP contribution in [0, 0.1) is 6.92 Å². The molecule has 1 aromatic carbocycles. The van der Waals surface area contributed by atoms with E-state index in [4.69, 9.17) is 10.7 Å². The highest BCUT2D eigenvalue weighted by molar-refractivity contribution is 5.81.